The van der Waals surface area contributed by atoms with E-state index in [9.17, 15) is 10.1 Å². The van der Waals surface area contributed by atoms with Gasteiger partial charge in [0, 0.05) is 24.4 Å². The molecule has 0 fully saturated rings. The summed E-state index contributed by atoms with van der Waals surface area (Å²) in [7, 11) is 1.62. The minimum Gasteiger partial charge on any atom is -0.358 e. The maximum Gasteiger partial charge on any atom is 0.401 e. The number of hydrogen-bond acceptors (Lipinski definition) is 7. The van der Waals surface area contributed by atoms with Crippen LogP contribution in [-0.2, 0) is 13.5 Å². The van der Waals surface area contributed by atoms with Crippen LogP contribution in [0.1, 0.15) is 37.1 Å². The van der Waals surface area contributed by atoms with E-state index in [2.05, 4.69) is 43.4 Å². The second kappa shape index (κ2) is 7.04. The van der Waals surface area contributed by atoms with E-state index in [0.717, 1.165) is 22.6 Å². The molecule has 0 aliphatic heterocycles. The van der Waals surface area contributed by atoms with Gasteiger partial charge in [-0.25, -0.2) is 15.0 Å². The lowest BCUT2D eigenvalue weighted by Gasteiger charge is -2.11. The average molecular weight is 392 g/mol. The van der Waals surface area contributed by atoms with Crippen LogP contribution in [0.3, 0.4) is 0 Å². The number of pyridine rings is 1. The summed E-state index contributed by atoms with van der Waals surface area (Å²) in [6.45, 7) is 6.22. The Kier molecular flexibility index (Phi) is 4.53. The molecule has 0 aliphatic rings. The van der Waals surface area contributed by atoms with E-state index >= 15 is 0 Å². The van der Waals surface area contributed by atoms with Gasteiger partial charge in [-0.15, -0.1) is 0 Å². The smallest absolute Gasteiger partial charge is 0.358 e. The number of imidazole rings is 1. The van der Waals surface area contributed by atoms with Crippen molar-refractivity contribution >= 4 is 16.9 Å². The van der Waals surface area contributed by atoms with Gasteiger partial charge in [0.25, 0.3) is 0 Å². The van der Waals surface area contributed by atoms with Crippen molar-refractivity contribution in [3.05, 3.63) is 58.0 Å². The fraction of sp³-hybridized carbons (Fsp3) is 0.316. The summed E-state index contributed by atoms with van der Waals surface area (Å²) in [5.41, 5.74) is 3.72. The lowest BCUT2D eigenvalue weighted by atomic mass is 10.2. The molecule has 0 radical (unpaired) electrons. The topological polar surface area (TPSA) is 117 Å². The average Bonchev–Trinajstić information content (AvgIpc) is 3.21. The van der Waals surface area contributed by atoms with Gasteiger partial charge in [-0.05, 0) is 37.8 Å². The van der Waals surface area contributed by atoms with Crippen LogP contribution in [0.5, 0.6) is 0 Å². The number of aryl methyl sites for hydroxylation is 2. The molecule has 0 bridgehead atoms. The van der Waals surface area contributed by atoms with Crippen molar-refractivity contribution < 1.29 is 4.92 Å². The zero-order chi connectivity index (χ0) is 20.7. The summed E-state index contributed by atoms with van der Waals surface area (Å²) >= 11 is 0. The first-order chi connectivity index (χ1) is 13.8. The van der Waals surface area contributed by atoms with Crippen LogP contribution in [0.2, 0.25) is 0 Å². The van der Waals surface area contributed by atoms with Gasteiger partial charge in [0.1, 0.15) is 16.9 Å². The van der Waals surface area contributed by atoms with Gasteiger partial charge >= 0.3 is 5.82 Å². The summed E-state index contributed by atoms with van der Waals surface area (Å²) in [4.78, 5) is 28.5. The second-order valence-electron chi connectivity index (χ2n) is 7.13. The molecule has 0 atom stereocenters. The first kappa shape index (κ1) is 18.7. The first-order valence-corrected chi connectivity index (χ1v) is 9.17. The molecule has 4 rings (SSSR count). The number of rotatable bonds is 5. The van der Waals surface area contributed by atoms with Crippen LogP contribution < -0.4 is 0 Å². The monoisotopic (exact) mass is 392 g/mol. The van der Waals surface area contributed by atoms with E-state index in [4.69, 9.17) is 0 Å². The predicted molar refractivity (Wildman–Crippen MR) is 106 cm³/mol. The van der Waals surface area contributed by atoms with Crippen molar-refractivity contribution in [1.29, 1.82) is 0 Å². The lowest BCUT2D eigenvalue weighted by molar-refractivity contribution is -0.389. The molecule has 29 heavy (non-hydrogen) atoms. The van der Waals surface area contributed by atoms with E-state index < -0.39 is 4.92 Å². The van der Waals surface area contributed by atoms with Crippen LogP contribution in [0.4, 0.5) is 5.82 Å². The zero-order valence-electron chi connectivity index (χ0n) is 16.6. The highest BCUT2D eigenvalue weighted by Crippen LogP contribution is 2.26. The Hall–Kier alpha value is -3.69. The number of aromatic nitrogens is 7. The molecule has 10 heteroatoms. The molecule has 0 aromatic carbocycles. The van der Waals surface area contributed by atoms with Gasteiger partial charge in [-0.2, -0.15) is 4.68 Å². The lowest BCUT2D eigenvalue weighted by Crippen LogP contribution is -2.03. The van der Waals surface area contributed by atoms with Gasteiger partial charge in [0.2, 0.25) is 0 Å². The minimum absolute atomic E-state index is 0.263. The van der Waals surface area contributed by atoms with Gasteiger partial charge in [0.15, 0.2) is 5.82 Å². The summed E-state index contributed by atoms with van der Waals surface area (Å²) in [6.07, 6.45) is 5.38. The molecule has 4 aromatic rings. The van der Waals surface area contributed by atoms with Crippen molar-refractivity contribution in [3.8, 4) is 11.4 Å². The SMILES string of the molecule is Cc1nc2cnc(Cc3ccnc(-c4cn(C)nc4[N+](=O)[O-])n3)cc2n1C(C)C. The van der Waals surface area contributed by atoms with Crippen molar-refractivity contribution in [2.24, 2.45) is 7.05 Å². The normalized spacial score (nSPS) is 11.5. The first-order valence-electron chi connectivity index (χ1n) is 9.17. The number of fused-ring (bicyclic) bond motifs is 1. The molecule has 148 valence electrons. The molecule has 0 saturated heterocycles. The van der Waals surface area contributed by atoms with E-state index in [0.29, 0.717) is 12.1 Å². The largest absolute Gasteiger partial charge is 0.401 e. The summed E-state index contributed by atoms with van der Waals surface area (Å²) < 4.78 is 3.55. The Morgan fingerprint density at radius 1 is 1.21 bits per heavy atom. The molecule has 0 spiro atoms. The van der Waals surface area contributed by atoms with Crippen LogP contribution in [0.25, 0.3) is 22.4 Å². The zero-order valence-corrected chi connectivity index (χ0v) is 16.6. The van der Waals surface area contributed by atoms with Crippen LogP contribution in [0, 0.1) is 17.0 Å². The highest BCUT2D eigenvalue weighted by Gasteiger charge is 2.23. The van der Waals surface area contributed by atoms with Gasteiger partial charge in [-0.3, -0.25) is 4.98 Å². The minimum atomic E-state index is -0.531. The molecule has 0 N–H and O–H groups in total. The summed E-state index contributed by atoms with van der Waals surface area (Å²) in [5, 5.41) is 15.1. The van der Waals surface area contributed by atoms with Crippen LogP contribution >= 0.6 is 0 Å². The van der Waals surface area contributed by atoms with Crippen molar-refractivity contribution in [2.75, 3.05) is 0 Å². The summed E-state index contributed by atoms with van der Waals surface area (Å²) in [6, 6.07) is 4.08. The maximum atomic E-state index is 11.3. The van der Waals surface area contributed by atoms with Crippen molar-refractivity contribution in [1.82, 2.24) is 34.3 Å². The fourth-order valence-corrected chi connectivity index (χ4v) is 3.49. The van der Waals surface area contributed by atoms with E-state index in [-0.39, 0.29) is 23.2 Å². The molecule has 4 heterocycles. The number of hydrogen-bond donors (Lipinski definition) is 0. The Morgan fingerprint density at radius 2 is 2.00 bits per heavy atom. The highest BCUT2D eigenvalue weighted by molar-refractivity contribution is 5.75. The molecule has 4 aromatic heterocycles. The van der Waals surface area contributed by atoms with Crippen LogP contribution in [-0.4, -0.2) is 39.2 Å². The van der Waals surface area contributed by atoms with Crippen molar-refractivity contribution in [3.63, 3.8) is 0 Å². The Labute approximate surface area is 166 Å². The molecular weight excluding hydrogens is 372 g/mol. The van der Waals surface area contributed by atoms with Gasteiger partial charge < -0.3 is 14.7 Å². The molecule has 0 unspecified atom stereocenters. The fourth-order valence-electron chi connectivity index (χ4n) is 3.49. The molecule has 10 nitrogen and oxygen atoms in total. The third-order valence-corrected chi connectivity index (χ3v) is 4.62. The van der Waals surface area contributed by atoms with E-state index in [1.165, 1.54) is 4.68 Å². The van der Waals surface area contributed by atoms with E-state index in [1.54, 1.807) is 31.7 Å². The standard InChI is InChI=1S/C19H20N8O2/c1-11(2)26-12(3)22-16-9-21-14(8-17(16)26)7-13-5-6-20-18(23-13)15-10-25(4)24-19(15)27(28)29/h5-6,8-11H,7H2,1-4H3. The van der Waals surface area contributed by atoms with Crippen molar-refractivity contribution in [2.45, 2.75) is 33.2 Å². The number of nitrogens with zero attached hydrogens (tertiary/aromatic N) is 8. The quantitative estimate of drug-likeness (QED) is 0.378. The van der Waals surface area contributed by atoms with Gasteiger partial charge in [-0.1, -0.05) is 0 Å². The number of nitro groups is 1. The summed E-state index contributed by atoms with van der Waals surface area (Å²) in [5.74, 6) is 0.953. The van der Waals surface area contributed by atoms with Gasteiger partial charge in [0.05, 0.1) is 35.8 Å². The predicted octanol–water partition coefficient (Wildman–Crippen LogP) is 3.01. The molecule has 0 saturated carbocycles. The molecule has 0 amide bonds. The third-order valence-electron chi connectivity index (χ3n) is 4.62. The Balaban J connectivity index is 1.70. The second-order valence-corrected chi connectivity index (χ2v) is 7.13. The maximum absolute atomic E-state index is 11.3. The van der Waals surface area contributed by atoms with Crippen LogP contribution in [0.15, 0.2) is 30.7 Å². The third kappa shape index (κ3) is 3.44. The van der Waals surface area contributed by atoms with E-state index in [1.807, 2.05) is 13.0 Å². The Bertz CT molecular complexity index is 1220. The molecule has 0 aliphatic carbocycles. The Morgan fingerprint density at radius 3 is 2.72 bits per heavy atom. The molecular formula is C19H20N8O2. The highest BCUT2D eigenvalue weighted by atomic mass is 16.6.